The van der Waals surface area contributed by atoms with Crippen molar-refractivity contribution in [1.29, 1.82) is 0 Å². The normalized spacial score (nSPS) is 17.9. The Labute approximate surface area is 203 Å². The average Bonchev–Trinajstić information content (AvgIpc) is 3.14. The number of nitrogens with zero attached hydrogens (tertiary/aromatic N) is 5. The Hall–Kier alpha value is -3.53. The van der Waals surface area contributed by atoms with Crippen molar-refractivity contribution in [3.8, 4) is 5.95 Å². The zero-order valence-corrected chi connectivity index (χ0v) is 20.2. The highest BCUT2D eigenvalue weighted by Gasteiger charge is 2.47. The first-order valence-electron chi connectivity index (χ1n) is 11.9. The predicted octanol–water partition coefficient (Wildman–Crippen LogP) is 2.96. The lowest BCUT2D eigenvalue weighted by Crippen LogP contribution is -2.55. The lowest BCUT2D eigenvalue weighted by molar-refractivity contribution is -0.142. The zero-order valence-electron chi connectivity index (χ0n) is 20.2. The fourth-order valence-electron chi connectivity index (χ4n) is 5.13. The first-order chi connectivity index (χ1) is 16.6. The van der Waals surface area contributed by atoms with Crippen LogP contribution in [0.1, 0.15) is 55.6 Å². The second kappa shape index (κ2) is 8.60. The lowest BCUT2D eigenvalue weighted by atomic mass is 9.60. The van der Waals surface area contributed by atoms with E-state index < -0.39 is 11.9 Å². The van der Waals surface area contributed by atoms with Gasteiger partial charge in [0.25, 0.3) is 11.9 Å². The minimum Gasteiger partial charge on any atom is -0.418 e. The van der Waals surface area contributed by atoms with Gasteiger partial charge in [0.1, 0.15) is 0 Å². The topological polar surface area (TPSA) is 122 Å². The summed E-state index contributed by atoms with van der Waals surface area (Å²) in [5.74, 6) is -1.25. The number of hydrogen-bond acceptors (Lipinski definition) is 7. The Morgan fingerprint density at radius 1 is 1.14 bits per heavy atom. The first-order valence-corrected chi connectivity index (χ1v) is 11.9. The number of hydrogen-bond donors (Lipinski definition) is 2. The highest BCUT2D eigenvalue weighted by atomic mass is 16.7. The van der Waals surface area contributed by atoms with Crippen LogP contribution in [-0.4, -0.2) is 66.7 Å². The zero-order chi connectivity index (χ0) is 24.8. The second-order valence-electron chi connectivity index (χ2n) is 10.2. The monoisotopic (exact) mass is 478 g/mol. The maximum Gasteiger partial charge on any atom is 0.412 e. The molecule has 1 aliphatic carbocycles. The van der Waals surface area contributed by atoms with E-state index in [1.807, 2.05) is 31.2 Å². The van der Waals surface area contributed by atoms with Crippen molar-refractivity contribution in [3.63, 3.8) is 0 Å². The summed E-state index contributed by atoms with van der Waals surface area (Å²) in [7, 11) is 0. The molecule has 10 nitrogen and oxygen atoms in total. The summed E-state index contributed by atoms with van der Waals surface area (Å²) in [5.41, 5.74) is 2.36. The molecule has 3 heterocycles. The van der Waals surface area contributed by atoms with E-state index in [4.69, 9.17) is 4.74 Å². The van der Waals surface area contributed by atoms with Crippen molar-refractivity contribution in [2.24, 2.45) is 5.41 Å². The van der Waals surface area contributed by atoms with Crippen molar-refractivity contribution < 1.29 is 19.4 Å². The third-order valence-corrected chi connectivity index (χ3v) is 6.98. The molecule has 2 fully saturated rings. The van der Waals surface area contributed by atoms with Gasteiger partial charge in [0.2, 0.25) is 5.79 Å². The van der Waals surface area contributed by atoms with Crippen LogP contribution in [-0.2, 0) is 4.74 Å². The number of nitrogens with one attached hydrogen (secondary N) is 1. The number of para-hydroxylation sites is 1. The second-order valence-corrected chi connectivity index (χ2v) is 10.2. The number of amides is 2. The number of carbonyl (C=O) groups excluding carboxylic acids is 2. The number of ether oxygens (including phenoxy) is 1. The van der Waals surface area contributed by atoms with Crippen LogP contribution in [0.2, 0.25) is 0 Å². The minimum absolute atomic E-state index is 0.0924. The van der Waals surface area contributed by atoms with E-state index in [0.29, 0.717) is 24.6 Å². The molecule has 0 bridgehead atoms. The van der Waals surface area contributed by atoms with Crippen LogP contribution < -0.4 is 5.32 Å². The Bertz CT molecular complexity index is 1250. The van der Waals surface area contributed by atoms with Gasteiger partial charge >= 0.3 is 6.09 Å². The standard InChI is InChI=1S/C25H30N6O4/c1-16-19-6-4-5-7-20(19)31(29-16)22-26-14-17(15-27-22)21(32)28-18-12-25(13-18)8-10-30(11-9-25)23(33)35-24(2,3)34/h4-7,14-15,18,34H,8-13H2,1-3H3,(H,28,32). The molecule has 1 aromatic carbocycles. The molecule has 2 amide bonds. The van der Waals surface area contributed by atoms with Crippen LogP contribution in [0.4, 0.5) is 4.79 Å². The molecule has 1 saturated heterocycles. The van der Waals surface area contributed by atoms with Crippen molar-refractivity contribution in [2.45, 2.75) is 58.3 Å². The maximum atomic E-state index is 12.8. The molecule has 0 unspecified atom stereocenters. The summed E-state index contributed by atoms with van der Waals surface area (Å²) in [6, 6.07) is 7.97. The van der Waals surface area contributed by atoms with Gasteiger partial charge in [-0.05, 0) is 44.1 Å². The van der Waals surface area contributed by atoms with Crippen molar-refractivity contribution in [1.82, 2.24) is 30.0 Å². The van der Waals surface area contributed by atoms with Crippen LogP contribution in [0, 0.1) is 12.3 Å². The number of carbonyl (C=O) groups is 2. The molecule has 0 radical (unpaired) electrons. The number of rotatable bonds is 4. The van der Waals surface area contributed by atoms with Gasteiger partial charge in [0.15, 0.2) is 0 Å². The predicted molar refractivity (Wildman–Crippen MR) is 128 cm³/mol. The SMILES string of the molecule is Cc1nn(-c2ncc(C(=O)NC3CC4(CCN(C(=O)OC(C)(C)O)CC4)C3)cn2)c2ccccc12. The number of benzene rings is 1. The summed E-state index contributed by atoms with van der Waals surface area (Å²) in [6.45, 7) is 6.00. The van der Waals surface area contributed by atoms with E-state index in [1.165, 1.54) is 26.2 Å². The Balaban J connectivity index is 1.15. The molecule has 1 aliphatic heterocycles. The molecular weight excluding hydrogens is 448 g/mol. The highest BCUT2D eigenvalue weighted by Crippen LogP contribution is 2.49. The first kappa shape index (κ1) is 23.2. The van der Waals surface area contributed by atoms with Crippen molar-refractivity contribution in [2.75, 3.05) is 13.1 Å². The van der Waals surface area contributed by atoms with Gasteiger partial charge in [-0.2, -0.15) is 9.78 Å². The molecular formula is C25H30N6O4. The summed E-state index contributed by atoms with van der Waals surface area (Å²) in [4.78, 5) is 35.3. The van der Waals surface area contributed by atoms with Gasteiger partial charge < -0.3 is 20.1 Å². The largest absolute Gasteiger partial charge is 0.418 e. The molecule has 1 spiro atoms. The van der Waals surface area contributed by atoms with E-state index in [1.54, 1.807) is 9.58 Å². The molecule has 184 valence electrons. The van der Waals surface area contributed by atoms with E-state index in [0.717, 1.165) is 42.3 Å². The van der Waals surface area contributed by atoms with Crippen molar-refractivity contribution >= 4 is 22.9 Å². The van der Waals surface area contributed by atoms with E-state index in [9.17, 15) is 14.7 Å². The van der Waals surface area contributed by atoms with Gasteiger partial charge in [-0.1, -0.05) is 18.2 Å². The molecule has 10 heteroatoms. The van der Waals surface area contributed by atoms with Gasteiger partial charge in [-0.15, -0.1) is 0 Å². The Morgan fingerprint density at radius 3 is 2.46 bits per heavy atom. The van der Waals surface area contributed by atoms with E-state index in [2.05, 4.69) is 20.4 Å². The summed E-state index contributed by atoms with van der Waals surface area (Å²) in [5, 5.41) is 18.3. The molecule has 2 aliphatic rings. The third kappa shape index (κ3) is 4.70. The summed E-state index contributed by atoms with van der Waals surface area (Å²) in [6.07, 6.45) is 6.05. The van der Waals surface area contributed by atoms with Crippen LogP contribution in [0.3, 0.4) is 0 Å². The van der Waals surface area contributed by atoms with Crippen LogP contribution in [0.25, 0.3) is 16.9 Å². The third-order valence-electron chi connectivity index (χ3n) is 6.98. The molecule has 1 saturated carbocycles. The summed E-state index contributed by atoms with van der Waals surface area (Å²) >= 11 is 0. The average molecular weight is 479 g/mol. The molecule has 35 heavy (non-hydrogen) atoms. The van der Waals surface area contributed by atoms with Crippen LogP contribution in [0.15, 0.2) is 36.7 Å². The van der Waals surface area contributed by atoms with Crippen molar-refractivity contribution in [3.05, 3.63) is 47.9 Å². The molecule has 5 rings (SSSR count). The quantitative estimate of drug-likeness (QED) is 0.553. The maximum absolute atomic E-state index is 12.8. The lowest BCUT2D eigenvalue weighted by Gasteiger charge is -2.52. The van der Waals surface area contributed by atoms with Gasteiger partial charge in [-0.25, -0.2) is 14.8 Å². The number of aliphatic hydroxyl groups is 1. The molecule has 3 aromatic rings. The number of piperidine rings is 1. The number of aromatic nitrogens is 4. The van der Waals surface area contributed by atoms with Gasteiger partial charge in [0, 0.05) is 50.8 Å². The smallest absolute Gasteiger partial charge is 0.412 e. The fourth-order valence-corrected chi connectivity index (χ4v) is 5.13. The fraction of sp³-hybridized carbons (Fsp3) is 0.480. The Kier molecular flexibility index (Phi) is 5.71. The van der Waals surface area contributed by atoms with Gasteiger partial charge in [-0.3, -0.25) is 4.79 Å². The molecule has 2 aromatic heterocycles. The highest BCUT2D eigenvalue weighted by molar-refractivity contribution is 5.94. The van der Waals surface area contributed by atoms with Crippen LogP contribution in [0.5, 0.6) is 0 Å². The number of aryl methyl sites for hydroxylation is 1. The molecule has 0 atom stereocenters. The molecule has 2 N–H and O–H groups in total. The number of likely N-dealkylation sites (tertiary alicyclic amines) is 1. The van der Waals surface area contributed by atoms with E-state index >= 15 is 0 Å². The van der Waals surface area contributed by atoms with Gasteiger partial charge in [0.05, 0.1) is 16.8 Å². The van der Waals surface area contributed by atoms with E-state index in [-0.39, 0.29) is 17.4 Å². The van der Waals surface area contributed by atoms with Crippen LogP contribution >= 0.6 is 0 Å². The number of fused-ring (bicyclic) bond motifs is 1. The Morgan fingerprint density at radius 2 is 1.80 bits per heavy atom. The minimum atomic E-state index is -1.48. The summed E-state index contributed by atoms with van der Waals surface area (Å²) < 4.78 is 6.73.